The van der Waals surface area contributed by atoms with Gasteiger partial charge in [0.2, 0.25) is 5.95 Å². The van der Waals surface area contributed by atoms with Gasteiger partial charge in [0.25, 0.3) is 5.91 Å². The first-order valence-corrected chi connectivity index (χ1v) is 6.11. The van der Waals surface area contributed by atoms with Gasteiger partial charge in [-0.1, -0.05) is 30.3 Å². The first-order valence-electron chi connectivity index (χ1n) is 6.11. The highest BCUT2D eigenvalue weighted by molar-refractivity contribution is 5.93. The topological polar surface area (TPSA) is 42.0 Å². The third kappa shape index (κ3) is 3.88. The van der Waals surface area contributed by atoms with Crippen LogP contribution in [-0.4, -0.2) is 16.9 Å². The van der Waals surface area contributed by atoms with Gasteiger partial charge in [0.05, 0.1) is 5.56 Å². The van der Waals surface area contributed by atoms with E-state index in [0.29, 0.717) is 5.56 Å². The maximum Gasteiger partial charge on any atom is 0.253 e. The Labute approximate surface area is 111 Å². The lowest BCUT2D eigenvalue weighted by atomic mass is 10.1. The predicted molar refractivity (Wildman–Crippen MR) is 71.3 cm³/mol. The van der Waals surface area contributed by atoms with Crippen molar-refractivity contribution in [3.05, 3.63) is 65.7 Å². The summed E-state index contributed by atoms with van der Waals surface area (Å²) in [5, 5.41) is 2.86. The molecule has 1 heterocycles. The fourth-order valence-corrected chi connectivity index (χ4v) is 1.84. The lowest BCUT2D eigenvalue weighted by molar-refractivity contribution is 0.0939. The number of aromatic nitrogens is 1. The van der Waals surface area contributed by atoms with Crippen molar-refractivity contribution in [2.24, 2.45) is 0 Å². The molecule has 3 nitrogen and oxygen atoms in total. The zero-order chi connectivity index (χ0) is 13.7. The van der Waals surface area contributed by atoms with E-state index >= 15 is 0 Å². The summed E-state index contributed by atoms with van der Waals surface area (Å²) in [6.07, 6.45) is 1.99. The summed E-state index contributed by atoms with van der Waals surface area (Å²) in [5.41, 5.74) is 1.52. The first-order chi connectivity index (χ1) is 9.15. The number of hydrogen-bond donors (Lipinski definition) is 1. The Morgan fingerprint density at radius 3 is 2.63 bits per heavy atom. The third-order valence-corrected chi connectivity index (χ3v) is 2.75. The molecule has 1 aromatic heterocycles. The minimum absolute atomic E-state index is 0.0000435. The minimum Gasteiger partial charge on any atom is -0.349 e. The van der Waals surface area contributed by atoms with E-state index in [1.54, 1.807) is 0 Å². The van der Waals surface area contributed by atoms with E-state index in [1.807, 2.05) is 37.3 Å². The average molecular weight is 258 g/mol. The molecule has 1 aromatic carbocycles. The van der Waals surface area contributed by atoms with E-state index in [-0.39, 0.29) is 11.9 Å². The maximum absolute atomic E-state index is 12.7. The number of nitrogens with zero attached hydrogens (tertiary/aromatic N) is 1. The molecule has 1 atom stereocenters. The number of benzene rings is 1. The van der Waals surface area contributed by atoms with E-state index in [4.69, 9.17) is 0 Å². The second-order valence-electron chi connectivity index (χ2n) is 4.43. The summed E-state index contributed by atoms with van der Waals surface area (Å²) in [5.74, 6) is -0.829. The predicted octanol–water partition coefficient (Wildman–Crippen LogP) is 2.58. The Kier molecular flexibility index (Phi) is 4.23. The van der Waals surface area contributed by atoms with Crippen molar-refractivity contribution in [1.29, 1.82) is 0 Å². The molecule has 98 valence electrons. The van der Waals surface area contributed by atoms with Crippen LogP contribution in [0.4, 0.5) is 4.39 Å². The van der Waals surface area contributed by atoms with Crippen molar-refractivity contribution >= 4 is 5.91 Å². The number of amides is 1. The lowest BCUT2D eigenvalue weighted by Crippen LogP contribution is -2.34. The van der Waals surface area contributed by atoms with Crippen LogP contribution in [0, 0.1) is 5.95 Å². The van der Waals surface area contributed by atoms with Crippen molar-refractivity contribution in [2.45, 2.75) is 19.4 Å². The van der Waals surface area contributed by atoms with Gasteiger partial charge >= 0.3 is 0 Å². The number of hydrogen-bond acceptors (Lipinski definition) is 2. The highest BCUT2D eigenvalue weighted by Crippen LogP contribution is 2.04. The average Bonchev–Trinajstić information content (AvgIpc) is 2.40. The molecule has 0 saturated carbocycles. The molecule has 1 unspecified atom stereocenters. The van der Waals surface area contributed by atoms with Crippen molar-refractivity contribution in [1.82, 2.24) is 10.3 Å². The molecular weight excluding hydrogens is 243 g/mol. The molecule has 1 N–H and O–H groups in total. The number of carbonyl (C=O) groups excluding carboxylic acids is 1. The molecule has 0 spiro atoms. The van der Waals surface area contributed by atoms with Crippen molar-refractivity contribution in [2.75, 3.05) is 0 Å². The molecule has 0 aliphatic carbocycles. The standard InChI is InChI=1S/C15H15FN2O/c1-11(9-12-5-3-2-4-6-12)18-15(19)13-7-8-14(16)17-10-13/h2-8,10-11H,9H2,1H3,(H,18,19). The second kappa shape index (κ2) is 6.09. The number of pyridine rings is 1. The van der Waals surface area contributed by atoms with Gasteiger partial charge in [0.15, 0.2) is 0 Å². The van der Waals surface area contributed by atoms with Crippen LogP contribution >= 0.6 is 0 Å². The van der Waals surface area contributed by atoms with Crippen LogP contribution in [0.5, 0.6) is 0 Å². The zero-order valence-corrected chi connectivity index (χ0v) is 10.6. The van der Waals surface area contributed by atoms with Gasteiger partial charge in [-0.25, -0.2) is 4.98 Å². The Balaban J connectivity index is 1.93. The fourth-order valence-electron chi connectivity index (χ4n) is 1.84. The third-order valence-electron chi connectivity index (χ3n) is 2.75. The molecule has 4 heteroatoms. The smallest absolute Gasteiger partial charge is 0.253 e. The van der Waals surface area contributed by atoms with Crippen LogP contribution in [0.2, 0.25) is 0 Å². The van der Waals surface area contributed by atoms with Crippen LogP contribution in [0.1, 0.15) is 22.8 Å². The van der Waals surface area contributed by atoms with Gasteiger partial charge in [-0.15, -0.1) is 0 Å². The normalized spacial score (nSPS) is 11.9. The molecule has 0 fully saturated rings. The van der Waals surface area contributed by atoms with Gasteiger partial charge < -0.3 is 5.32 Å². The molecule has 0 aliphatic rings. The molecule has 0 radical (unpaired) electrons. The lowest BCUT2D eigenvalue weighted by Gasteiger charge is -2.13. The Hall–Kier alpha value is -2.23. The number of halogens is 1. The Morgan fingerprint density at radius 2 is 2.00 bits per heavy atom. The number of carbonyl (C=O) groups is 1. The summed E-state index contributed by atoms with van der Waals surface area (Å²) in [4.78, 5) is 15.3. The monoisotopic (exact) mass is 258 g/mol. The molecule has 0 bridgehead atoms. The Morgan fingerprint density at radius 1 is 1.26 bits per heavy atom. The fraction of sp³-hybridized carbons (Fsp3) is 0.200. The highest BCUT2D eigenvalue weighted by atomic mass is 19.1. The molecule has 0 aliphatic heterocycles. The second-order valence-corrected chi connectivity index (χ2v) is 4.43. The SMILES string of the molecule is CC(Cc1ccccc1)NC(=O)c1ccc(F)nc1. The summed E-state index contributed by atoms with van der Waals surface area (Å²) in [6, 6.07) is 12.5. The largest absolute Gasteiger partial charge is 0.349 e. The summed E-state index contributed by atoms with van der Waals surface area (Å²) < 4.78 is 12.7. The molecule has 0 saturated heterocycles. The van der Waals surface area contributed by atoms with Crippen LogP contribution in [0.3, 0.4) is 0 Å². The van der Waals surface area contributed by atoms with E-state index in [2.05, 4.69) is 10.3 Å². The van der Waals surface area contributed by atoms with Gasteiger partial charge in [-0.2, -0.15) is 4.39 Å². The summed E-state index contributed by atoms with van der Waals surface area (Å²) >= 11 is 0. The van der Waals surface area contributed by atoms with E-state index in [0.717, 1.165) is 12.0 Å². The summed E-state index contributed by atoms with van der Waals surface area (Å²) in [7, 11) is 0. The quantitative estimate of drug-likeness (QED) is 0.856. The van der Waals surface area contributed by atoms with E-state index < -0.39 is 5.95 Å². The van der Waals surface area contributed by atoms with Crippen LogP contribution in [0.15, 0.2) is 48.7 Å². The van der Waals surface area contributed by atoms with E-state index in [9.17, 15) is 9.18 Å². The first kappa shape index (κ1) is 13.2. The molecule has 2 rings (SSSR count). The summed E-state index contributed by atoms with van der Waals surface area (Å²) in [6.45, 7) is 1.93. The molecule has 2 aromatic rings. The van der Waals surface area contributed by atoms with Gasteiger partial charge in [-0.3, -0.25) is 4.79 Å². The maximum atomic E-state index is 12.7. The van der Waals surface area contributed by atoms with E-state index in [1.165, 1.54) is 18.3 Å². The van der Waals surface area contributed by atoms with Crippen molar-refractivity contribution < 1.29 is 9.18 Å². The highest BCUT2D eigenvalue weighted by Gasteiger charge is 2.10. The zero-order valence-electron chi connectivity index (χ0n) is 10.6. The van der Waals surface area contributed by atoms with Crippen LogP contribution in [-0.2, 0) is 6.42 Å². The molecule has 1 amide bonds. The van der Waals surface area contributed by atoms with Crippen molar-refractivity contribution in [3.63, 3.8) is 0 Å². The molecule has 19 heavy (non-hydrogen) atoms. The van der Waals surface area contributed by atoms with Crippen LogP contribution < -0.4 is 5.32 Å². The molecular formula is C15H15FN2O. The van der Waals surface area contributed by atoms with Crippen molar-refractivity contribution in [3.8, 4) is 0 Å². The van der Waals surface area contributed by atoms with Gasteiger partial charge in [0.1, 0.15) is 0 Å². The Bertz CT molecular complexity index is 540. The van der Waals surface area contributed by atoms with Gasteiger partial charge in [-0.05, 0) is 31.0 Å². The number of nitrogens with one attached hydrogen (secondary N) is 1. The number of rotatable bonds is 4. The minimum atomic E-state index is -0.589. The van der Waals surface area contributed by atoms with Gasteiger partial charge in [0, 0.05) is 12.2 Å². The van der Waals surface area contributed by atoms with Crippen LogP contribution in [0.25, 0.3) is 0 Å².